The highest BCUT2D eigenvalue weighted by atomic mass is 16.6. The number of nitrogens with one attached hydrogen (secondary N) is 1. The average molecular weight is 240 g/mol. The van der Waals surface area contributed by atoms with Gasteiger partial charge in [-0.3, -0.25) is 4.90 Å². The number of hydrogen-bond acceptors (Lipinski definition) is 4. The summed E-state index contributed by atoms with van der Waals surface area (Å²) < 4.78 is 11.2. The van der Waals surface area contributed by atoms with E-state index in [1.807, 2.05) is 0 Å². The van der Waals surface area contributed by atoms with Crippen molar-refractivity contribution in [3.8, 4) is 0 Å². The van der Waals surface area contributed by atoms with Gasteiger partial charge in [0.1, 0.15) is 0 Å². The fraction of sp³-hybridized carbons (Fsp3) is 1.00. The molecule has 4 nitrogen and oxygen atoms in total. The molecule has 1 aliphatic carbocycles. The van der Waals surface area contributed by atoms with Crippen LogP contribution in [-0.2, 0) is 9.47 Å². The molecule has 98 valence electrons. The lowest BCUT2D eigenvalue weighted by Gasteiger charge is -2.41. The van der Waals surface area contributed by atoms with Crippen LogP contribution in [0, 0.1) is 5.92 Å². The first-order valence-corrected chi connectivity index (χ1v) is 6.99. The molecule has 3 fully saturated rings. The van der Waals surface area contributed by atoms with E-state index >= 15 is 0 Å². The van der Waals surface area contributed by atoms with E-state index in [2.05, 4.69) is 17.1 Å². The molecule has 0 aromatic heterocycles. The van der Waals surface area contributed by atoms with Crippen LogP contribution in [-0.4, -0.2) is 62.5 Å². The van der Waals surface area contributed by atoms with Crippen LogP contribution in [0.5, 0.6) is 0 Å². The van der Waals surface area contributed by atoms with Gasteiger partial charge in [0.2, 0.25) is 0 Å². The number of hydrogen-bond donors (Lipinski definition) is 1. The summed E-state index contributed by atoms with van der Waals surface area (Å²) in [6, 6.07) is 1.34. The van der Waals surface area contributed by atoms with Gasteiger partial charge in [-0.1, -0.05) is 0 Å². The molecule has 0 radical (unpaired) electrons. The third kappa shape index (κ3) is 2.99. The van der Waals surface area contributed by atoms with E-state index < -0.39 is 0 Å². The van der Waals surface area contributed by atoms with Gasteiger partial charge in [0.25, 0.3) is 0 Å². The fourth-order valence-electron chi connectivity index (χ4n) is 2.92. The van der Waals surface area contributed by atoms with Gasteiger partial charge < -0.3 is 14.8 Å². The monoisotopic (exact) mass is 240 g/mol. The van der Waals surface area contributed by atoms with E-state index in [9.17, 15) is 0 Å². The summed E-state index contributed by atoms with van der Waals surface area (Å²) in [5, 5.41) is 3.68. The van der Waals surface area contributed by atoms with Crippen LogP contribution < -0.4 is 5.32 Å². The number of ether oxygens (including phenoxy) is 2. The SMILES string of the molecule is CC1CNC(C2CC2)CN1CC1COCCO1. The first kappa shape index (κ1) is 11.9. The minimum Gasteiger partial charge on any atom is -0.376 e. The third-order valence-corrected chi connectivity index (χ3v) is 4.24. The molecule has 1 N–H and O–H groups in total. The molecule has 3 unspecified atom stereocenters. The molecule has 0 aromatic carbocycles. The van der Waals surface area contributed by atoms with Crippen molar-refractivity contribution in [2.24, 2.45) is 5.92 Å². The van der Waals surface area contributed by atoms with Gasteiger partial charge >= 0.3 is 0 Å². The van der Waals surface area contributed by atoms with Crippen LogP contribution in [0.2, 0.25) is 0 Å². The van der Waals surface area contributed by atoms with Gasteiger partial charge in [0.05, 0.1) is 25.9 Å². The van der Waals surface area contributed by atoms with Crippen molar-refractivity contribution in [2.45, 2.75) is 38.0 Å². The Bertz CT molecular complexity index is 252. The summed E-state index contributed by atoms with van der Waals surface area (Å²) in [4.78, 5) is 2.58. The van der Waals surface area contributed by atoms with Crippen molar-refractivity contribution in [1.82, 2.24) is 10.2 Å². The van der Waals surface area contributed by atoms with Gasteiger partial charge in [0, 0.05) is 31.7 Å². The van der Waals surface area contributed by atoms with Crippen LogP contribution in [0.1, 0.15) is 19.8 Å². The molecule has 3 atom stereocenters. The summed E-state index contributed by atoms with van der Waals surface area (Å²) in [6.07, 6.45) is 3.12. The number of rotatable bonds is 3. The van der Waals surface area contributed by atoms with Gasteiger partial charge in [-0.05, 0) is 25.7 Å². The Hall–Kier alpha value is -0.160. The second-order valence-electron chi connectivity index (χ2n) is 5.72. The molecule has 0 amide bonds. The minimum absolute atomic E-state index is 0.282. The van der Waals surface area contributed by atoms with E-state index in [0.29, 0.717) is 6.04 Å². The Morgan fingerprint density at radius 3 is 2.88 bits per heavy atom. The summed E-state index contributed by atoms with van der Waals surface area (Å²) in [6.45, 7) is 7.94. The van der Waals surface area contributed by atoms with E-state index in [-0.39, 0.29) is 6.10 Å². The maximum absolute atomic E-state index is 5.75. The fourth-order valence-corrected chi connectivity index (χ4v) is 2.92. The van der Waals surface area contributed by atoms with Crippen LogP contribution in [0.3, 0.4) is 0 Å². The molecule has 0 spiro atoms. The molecular weight excluding hydrogens is 216 g/mol. The Morgan fingerprint density at radius 1 is 1.29 bits per heavy atom. The summed E-state index contributed by atoms with van der Waals surface area (Å²) in [5.74, 6) is 0.938. The van der Waals surface area contributed by atoms with Crippen molar-refractivity contribution >= 4 is 0 Å². The Labute approximate surface area is 104 Å². The Morgan fingerprint density at radius 2 is 2.18 bits per heavy atom. The van der Waals surface area contributed by atoms with E-state index in [0.717, 1.165) is 44.9 Å². The van der Waals surface area contributed by atoms with E-state index in [1.165, 1.54) is 19.4 Å². The lowest BCUT2D eigenvalue weighted by molar-refractivity contribution is -0.103. The van der Waals surface area contributed by atoms with Crippen LogP contribution in [0.25, 0.3) is 0 Å². The highest BCUT2D eigenvalue weighted by Crippen LogP contribution is 2.34. The van der Waals surface area contributed by atoms with Gasteiger partial charge in [-0.2, -0.15) is 0 Å². The van der Waals surface area contributed by atoms with Gasteiger partial charge in [-0.15, -0.1) is 0 Å². The first-order chi connectivity index (χ1) is 8.33. The van der Waals surface area contributed by atoms with Crippen LogP contribution in [0.4, 0.5) is 0 Å². The van der Waals surface area contributed by atoms with Crippen molar-refractivity contribution in [3.63, 3.8) is 0 Å². The molecule has 0 aromatic rings. The predicted octanol–water partition coefficient (Wildman–Crippen LogP) is 0.474. The molecule has 3 rings (SSSR count). The zero-order valence-electron chi connectivity index (χ0n) is 10.7. The normalized spacial score (nSPS) is 40.4. The van der Waals surface area contributed by atoms with Crippen molar-refractivity contribution in [2.75, 3.05) is 39.5 Å². The van der Waals surface area contributed by atoms with Crippen LogP contribution >= 0.6 is 0 Å². The first-order valence-electron chi connectivity index (χ1n) is 6.99. The molecule has 2 aliphatic heterocycles. The largest absolute Gasteiger partial charge is 0.376 e. The zero-order valence-corrected chi connectivity index (χ0v) is 10.7. The number of piperazine rings is 1. The van der Waals surface area contributed by atoms with Gasteiger partial charge in [0.15, 0.2) is 0 Å². The predicted molar refractivity (Wildman–Crippen MR) is 66.1 cm³/mol. The number of nitrogens with zero attached hydrogens (tertiary/aromatic N) is 1. The smallest absolute Gasteiger partial charge is 0.0936 e. The van der Waals surface area contributed by atoms with Gasteiger partial charge in [-0.25, -0.2) is 0 Å². The van der Waals surface area contributed by atoms with Crippen LogP contribution in [0.15, 0.2) is 0 Å². The molecule has 2 heterocycles. The molecule has 4 heteroatoms. The molecule has 3 aliphatic rings. The topological polar surface area (TPSA) is 33.7 Å². The maximum atomic E-state index is 5.75. The van der Waals surface area contributed by atoms with Crippen molar-refractivity contribution < 1.29 is 9.47 Å². The molecule has 1 saturated carbocycles. The highest BCUT2D eigenvalue weighted by molar-refractivity contribution is 4.94. The maximum Gasteiger partial charge on any atom is 0.0936 e. The highest BCUT2D eigenvalue weighted by Gasteiger charge is 2.36. The molecule has 2 saturated heterocycles. The third-order valence-electron chi connectivity index (χ3n) is 4.24. The lowest BCUT2D eigenvalue weighted by atomic mass is 10.1. The molecule has 17 heavy (non-hydrogen) atoms. The van der Waals surface area contributed by atoms with E-state index in [4.69, 9.17) is 9.47 Å². The average Bonchev–Trinajstić information content (AvgIpc) is 3.17. The summed E-state index contributed by atoms with van der Waals surface area (Å²) >= 11 is 0. The second-order valence-corrected chi connectivity index (χ2v) is 5.72. The summed E-state index contributed by atoms with van der Waals surface area (Å²) in [7, 11) is 0. The van der Waals surface area contributed by atoms with E-state index in [1.54, 1.807) is 0 Å². The molecular formula is C13H24N2O2. The second kappa shape index (κ2) is 5.22. The summed E-state index contributed by atoms with van der Waals surface area (Å²) in [5.41, 5.74) is 0. The van der Waals surface area contributed by atoms with Crippen molar-refractivity contribution in [1.29, 1.82) is 0 Å². The quantitative estimate of drug-likeness (QED) is 0.778. The molecule has 0 bridgehead atoms. The Kier molecular flexibility index (Phi) is 3.66. The standard InChI is InChI=1S/C13H24N2O2/c1-10-6-14-13(11-2-3-11)8-15(10)7-12-9-16-4-5-17-12/h10-14H,2-9H2,1H3. The van der Waals surface area contributed by atoms with Crippen molar-refractivity contribution in [3.05, 3.63) is 0 Å². The minimum atomic E-state index is 0.282. The Balaban J connectivity index is 1.52. The lowest BCUT2D eigenvalue weighted by Crippen LogP contribution is -2.58. The zero-order chi connectivity index (χ0) is 11.7.